The van der Waals surface area contributed by atoms with Crippen molar-refractivity contribution in [3.05, 3.63) is 0 Å². The molecule has 140 valence electrons. The maximum Gasteiger partial charge on any atom is 0.327 e. The summed E-state index contributed by atoms with van der Waals surface area (Å²) in [5.74, 6) is -3.05. The minimum Gasteiger partial charge on any atom is -0.481 e. The van der Waals surface area contributed by atoms with Gasteiger partial charge in [0, 0.05) is 11.5 Å². The minimum atomic E-state index is -1.24. The van der Waals surface area contributed by atoms with E-state index in [1.807, 2.05) is 0 Å². The predicted octanol–water partition coefficient (Wildman–Crippen LogP) is -0.745. The highest BCUT2D eigenvalue weighted by Crippen LogP contribution is 2.19. The smallest absolute Gasteiger partial charge is 0.327 e. The van der Waals surface area contributed by atoms with Crippen molar-refractivity contribution in [3.63, 3.8) is 0 Å². The van der Waals surface area contributed by atoms with Gasteiger partial charge in [0.05, 0.1) is 23.3 Å². The highest BCUT2D eigenvalue weighted by molar-refractivity contribution is 8.14. The van der Waals surface area contributed by atoms with Crippen LogP contribution in [0.1, 0.15) is 6.42 Å². The fourth-order valence-corrected chi connectivity index (χ4v) is 4.10. The summed E-state index contributed by atoms with van der Waals surface area (Å²) >= 11 is 3.06. The molecule has 1 fully saturated rings. The molecule has 0 bridgehead atoms. The summed E-state index contributed by atoms with van der Waals surface area (Å²) in [5.41, 5.74) is 0. The molecule has 0 aromatic rings. The lowest BCUT2D eigenvalue weighted by atomic mass is 10.2. The van der Waals surface area contributed by atoms with E-state index in [9.17, 15) is 24.0 Å². The molecule has 4 N–H and O–H groups in total. The second-order valence-corrected chi connectivity index (χ2v) is 8.05. The number of amides is 2. The monoisotopic (exact) mass is 410 g/mol. The van der Waals surface area contributed by atoms with Gasteiger partial charge < -0.3 is 20.8 Å². The van der Waals surface area contributed by atoms with Crippen LogP contribution >= 0.6 is 35.3 Å². The largest absolute Gasteiger partial charge is 0.481 e. The standard InChI is InChI=1S/C13H18N2O7S3/c16-9(14-7-1-2-25-13(7)22)4-23-3-8(12(20)21)15-10(17)5-24-6-11(18)19/h7-8H,1-6H2,(H,14,16)(H,15,17)(H,18,19)(H,20,21). The number of aliphatic carboxylic acids is 2. The van der Waals surface area contributed by atoms with Crippen molar-refractivity contribution in [2.45, 2.75) is 18.5 Å². The maximum absolute atomic E-state index is 11.7. The van der Waals surface area contributed by atoms with Crippen molar-refractivity contribution in [1.29, 1.82) is 0 Å². The molecule has 12 heteroatoms. The summed E-state index contributed by atoms with van der Waals surface area (Å²) in [6.07, 6.45) is 0.585. The Morgan fingerprint density at radius 1 is 1.12 bits per heavy atom. The third kappa shape index (κ3) is 9.02. The molecule has 0 saturated carbocycles. The predicted molar refractivity (Wildman–Crippen MR) is 95.9 cm³/mol. The molecule has 2 unspecified atom stereocenters. The third-order valence-electron chi connectivity index (χ3n) is 2.88. The second-order valence-electron chi connectivity index (χ2n) is 4.94. The first-order valence-corrected chi connectivity index (χ1v) is 10.4. The lowest BCUT2D eigenvalue weighted by Crippen LogP contribution is -2.44. The van der Waals surface area contributed by atoms with E-state index in [2.05, 4.69) is 10.6 Å². The van der Waals surface area contributed by atoms with Crippen LogP contribution in [0.15, 0.2) is 0 Å². The Morgan fingerprint density at radius 2 is 1.80 bits per heavy atom. The first kappa shape index (κ1) is 21.6. The molecule has 9 nitrogen and oxygen atoms in total. The number of nitrogens with one attached hydrogen (secondary N) is 2. The van der Waals surface area contributed by atoms with Crippen LogP contribution < -0.4 is 10.6 Å². The van der Waals surface area contributed by atoms with E-state index in [0.29, 0.717) is 12.2 Å². The summed E-state index contributed by atoms with van der Waals surface area (Å²) < 4.78 is 0. The molecular formula is C13H18N2O7S3. The van der Waals surface area contributed by atoms with E-state index < -0.39 is 29.9 Å². The van der Waals surface area contributed by atoms with Gasteiger partial charge in [-0.25, -0.2) is 4.79 Å². The summed E-state index contributed by atoms with van der Waals surface area (Å²) in [5, 5.41) is 22.4. The van der Waals surface area contributed by atoms with Crippen LogP contribution in [-0.2, 0) is 24.0 Å². The van der Waals surface area contributed by atoms with Crippen LogP contribution in [0.5, 0.6) is 0 Å². The topological polar surface area (TPSA) is 150 Å². The molecule has 2 amide bonds. The Morgan fingerprint density at radius 3 is 2.36 bits per heavy atom. The van der Waals surface area contributed by atoms with Crippen LogP contribution in [0, 0.1) is 0 Å². The minimum absolute atomic E-state index is 0.0224. The van der Waals surface area contributed by atoms with Gasteiger partial charge in [-0.3, -0.25) is 19.2 Å². The zero-order valence-electron chi connectivity index (χ0n) is 13.1. The maximum atomic E-state index is 11.7. The Kier molecular flexibility index (Phi) is 9.75. The molecule has 2 atom stereocenters. The van der Waals surface area contributed by atoms with Crippen LogP contribution in [-0.4, -0.2) is 79.9 Å². The molecule has 0 aromatic carbocycles. The Hall–Kier alpha value is -1.40. The van der Waals surface area contributed by atoms with Crippen molar-refractivity contribution >= 4 is 64.2 Å². The van der Waals surface area contributed by atoms with Gasteiger partial charge in [-0.1, -0.05) is 11.8 Å². The van der Waals surface area contributed by atoms with Crippen molar-refractivity contribution in [1.82, 2.24) is 10.6 Å². The molecule has 1 saturated heterocycles. The van der Waals surface area contributed by atoms with Gasteiger partial charge in [-0.2, -0.15) is 0 Å². The van der Waals surface area contributed by atoms with Gasteiger partial charge >= 0.3 is 11.9 Å². The van der Waals surface area contributed by atoms with E-state index in [4.69, 9.17) is 10.2 Å². The number of hydrogen-bond acceptors (Lipinski definition) is 8. The zero-order chi connectivity index (χ0) is 18.8. The number of carbonyl (C=O) groups is 5. The number of thioether (sulfide) groups is 3. The Labute approximate surface area is 156 Å². The number of rotatable bonds is 11. The van der Waals surface area contributed by atoms with E-state index in [1.54, 1.807) is 0 Å². The molecular weight excluding hydrogens is 392 g/mol. The molecule has 1 aliphatic rings. The van der Waals surface area contributed by atoms with Crippen molar-refractivity contribution in [2.24, 2.45) is 0 Å². The molecule has 1 heterocycles. The SMILES string of the molecule is O=C(O)CSCC(=O)NC(CSCC(=O)NC1CCSC1=O)C(=O)O. The van der Waals surface area contributed by atoms with Crippen LogP contribution in [0.2, 0.25) is 0 Å². The molecule has 1 aliphatic heterocycles. The second kappa shape index (κ2) is 11.3. The first-order chi connectivity index (χ1) is 11.8. The van der Waals surface area contributed by atoms with Crippen molar-refractivity contribution in [3.8, 4) is 0 Å². The van der Waals surface area contributed by atoms with Gasteiger partial charge in [0.25, 0.3) is 0 Å². The Balaban J connectivity index is 2.29. The zero-order valence-corrected chi connectivity index (χ0v) is 15.5. The number of carboxylic acid groups (broad SMARTS) is 2. The Bertz CT molecular complexity index is 544. The van der Waals surface area contributed by atoms with Crippen LogP contribution in [0.4, 0.5) is 0 Å². The quantitative estimate of drug-likeness (QED) is 0.343. The summed E-state index contributed by atoms with van der Waals surface area (Å²) in [6.45, 7) is 0. The fraction of sp³-hybridized carbons (Fsp3) is 0.615. The van der Waals surface area contributed by atoms with E-state index >= 15 is 0 Å². The van der Waals surface area contributed by atoms with Gasteiger partial charge in [-0.05, 0) is 6.42 Å². The van der Waals surface area contributed by atoms with Crippen molar-refractivity contribution in [2.75, 3.05) is 28.8 Å². The number of carbonyl (C=O) groups excluding carboxylic acids is 3. The molecule has 0 radical (unpaired) electrons. The highest BCUT2D eigenvalue weighted by Gasteiger charge is 2.27. The van der Waals surface area contributed by atoms with E-state index in [0.717, 1.165) is 23.5 Å². The number of hydrogen-bond donors (Lipinski definition) is 4. The van der Waals surface area contributed by atoms with Gasteiger partial charge in [0.15, 0.2) is 0 Å². The highest BCUT2D eigenvalue weighted by atomic mass is 32.2. The average molecular weight is 410 g/mol. The number of carboxylic acids is 2. The van der Waals surface area contributed by atoms with Gasteiger partial charge in [-0.15, -0.1) is 23.5 Å². The van der Waals surface area contributed by atoms with E-state index in [-0.39, 0.29) is 34.0 Å². The molecule has 0 spiro atoms. The summed E-state index contributed by atoms with van der Waals surface area (Å²) in [4.78, 5) is 56.2. The fourth-order valence-electron chi connectivity index (χ4n) is 1.77. The van der Waals surface area contributed by atoms with Crippen molar-refractivity contribution < 1.29 is 34.2 Å². The summed E-state index contributed by atoms with van der Waals surface area (Å²) in [7, 11) is 0. The van der Waals surface area contributed by atoms with Gasteiger partial charge in [0.2, 0.25) is 16.9 Å². The lowest BCUT2D eigenvalue weighted by Gasteiger charge is -2.14. The molecule has 25 heavy (non-hydrogen) atoms. The van der Waals surface area contributed by atoms with Crippen LogP contribution in [0.3, 0.4) is 0 Å². The average Bonchev–Trinajstić information content (AvgIpc) is 2.90. The van der Waals surface area contributed by atoms with Gasteiger partial charge in [0.1, 0.15) is 6.04 Å². The van der Waals surface area contributed by atoms with E-state index in [1.165, 1.54) is 11.8 Å². The summed E-state index contributed by atoms with van der Waals surface area (Å²) in [6, 6.07) is -1.67. The van der Waals surface area contributed by atoms with Crippen LogP contribution in [0.25, 0.3) is 0 Å². The normalized spacial score (nSPS) is 17.8. The first-order valence-electron chi connectivity index (χ1n) is 7.15. The lowest BCUT2D eigenvalue weighted by molar-refractivity contribution is -0.140. The third-order valence-corrected chi connectivity index (χ3v) is 5.84. The molecule has 0 aromatic heterocycles. The molecule has 0 aliphatic carbocycles. The molecule has 1 rings (SSSR count).